The van der Waals surface area contributed by atoms with Gasteiger partial charge in [0.1, 0.15) is 0 Å². The molecule has 0 aromatic rings. The fraction of sp³-hybridized carbons (Fsp3) is 1.00. The zero-order valence-corrected chi connectivity index (χ0v) is 9.69. The highest BCUT2D eigenvalue weighted by atomic mass is 35.5. The Bertz CT molecular complexity index is 138. The number of halogens is 1. The molecule has 2 atom stereocenters. The number of nitrogens with zero attached hydrogens (tertiary/aromatic N) is 1. The van der Waals surface area contributed by atoms with Gasteiger partial charge in [-0.2, -0.15) is 0 Å². The lowest BCUT2D eigenvalue weighted by Crippen LogP contribution is -2.36. The second-order valence-corrected chi connectivity index (χ2v) is 4.50. The molecule has 0 aromatic heterocycles. The molecule has 1 saturated heterocycles. The fourth-order valence-corrected chi connectivity index (χ4v) is 2.45. The third-order valence-corrected chi connectivity index (χ3v) is 3.52. The number of hydrogen-bond donors (Lipinski definition) is 0. The van der Waals surface area contributed by atoms with Gasteiger partial charge in [0.25, 0.3) is 0 Å². The van der Waals surface area contributed by atoms with E-state index >= 15 is 0 Å². The van der Waals surface area contributed by atoms with Gasteiger partial charge < -0.3 is 0 Å². The molecule has 2 heteroatoms. The van der Waals surface area contributed by atoms with Crippen LogP contribution in [0.3, 0.4) is 0 Å². The van der Waals surface area contributed by atoms with Crippen molar-refractivity contribution in [2.75, 3.05) is 12.4 Å². The molecule has 1 rings (SSSR count). The first-order valence-corrected chi connectivity index (χ1v) is 6.14. The van der Waals surface area contributed by atoms with Crippen molar-refractivity contribution in [3.05, 3.63) is 0 Å². The molecule has 1 fully saturated rings. The second-order valence-electron chi connectivity index (χ2n) is 4.12. The van der Waals surface area contributed by atoms with Gasteiger partial charge in [-0.05, 0) is 45.6 Å². The monoisotopic (exact) mass is 203 g/mol. The van der Waals surface area contributed by atoms with Crippen molar-refractivity contribution in [2.24, 2.45) is 0 Å². The summed E-state index contributed by atoms with van der Waals surface area (Å²) in [6.45, 7) is 5.93. The van der Waals surface area contributed by atoms with Gasteiger partial charge in [0, 0.05) is 18.0 Å². The van der Waals surface area contributed by atoms with E-state index in [1.807, 2.05) is 0 Å². The topological polar surface area (TPSA) is 3.24 Å². The van der Waals surface area contributed by atoms with Crippen LogP contribution >= 0.6 is 11.6 Å². The Labute approximate surface area is 87.4 Å². The van der Waals surface area contributed by atoms with Gasteiger partial charge in [0.2, 0.25) is 0 Å². The zero-order chi connectivity index (χ0) is 9.68. The van der Waals surface area contributed by atoms with Gasteiger partial charge in [0.15, 0.2) is 0 Å². The minimum Gasteiger partial charge on any atom is -0.298 e. The predicted molar refractivity (Wildman–Crippen MR) is 59.4 cm³/mol. The van der Waals surface area contributed by atoms with Crippen LogP contribution in [0.2, 0.25) is 0 Å². The van der Waals surface area contributed by atoms with Crippen molar-refractivity contribution >= 4 is 11.6 Å². The average Bonchev–Trinajstić information content (AvgIpc) is 2.61. The Balaban J connectivity index is 2.34. The zero-order valence-electron chi connectivity index (χ0n) is 8.93. The van der Waals surface area contributed by atoms with Crippen LogP contribution in [0.4, 0.5) is 0 Å². The van der Waals surface area contributed by atoms with Gasteiger partial charge >= 0.3 is 0 Å². The highest BCUT2D eigenvalue weighted by Crippen LogP contribution is 2.24. The quantitative estimate of drug-likeness (QED) is 0.620. The first-order valence-electron chi connectivity index (χ1n) is 5.61. The molecule has 0 bridgehead atoms. The first-order chi connectivity index (χ1) is 6.29. The molecule has 1 heterocycles. The molecule has 0 spiro atoms. The molecule has 0 radical (unpaired) electrons. The average molecular weight is 204 g/mol. The summed E-state index contributed by atoms with van der Waals surface area (Å²) in [5.74, 6) is 0.824. The summed E-state index contributed by atoms with van der Waals surface area (Å²) in [5, 5.41) is 0. The van der Waals surface area contributed by atoms with Gasteiger partial charge in [-0.15, -0.1) is 11.6 Å². The highest BCUT2D eigenvalue weighted by molar-refractivity contribution is 6.17. The number of likely N-dealkylation sites (tertiary alicyclic amines) is 1. The molecule has 0 N–H and O–H groups in total. The first kappa shape index (κ1) is 11.3. The van der Waals surface area contributed by atoms with Crippen molar-refractivity contribution in [3.63, 3.8) is 0 Å². The highest BCUT2D eigenvalue weighted by Gasteiger charge is 2.26. The van der Waals surface area contributed by atoms with Crippen molar-refractivity contribution in [1.29, 1.82) is 0 Å². The molecular formula is C11H22ClN. The number of hydrogen-bond acceptors (Lipinski definition) is 1. The molecule has 0 amide bonds. The minimum absolute atomic E-state index is 0.767. The predicted octanol–water partition coefficient (Wildman–Crippen LogP) is 3.27. The van der Waals surface area contributed by atoms with Crippen molar-refractivity contribution in [1.82, 2.24) is 4.90 Å². The summed E-state index contributed by atoms with van der Waals surface area (Å²) in [7, 11) is 0. The minimum atomic E-state index is 0.767. The van der Waals surface area contributed by atoms with Crippen LogP contribution in [-0.2, 0) is 0 Å². The maximum atomic E-state index is 5.72. The lowest BCUT2D eigenvalue weighted by Gasteiger charge is -2.29. The van der Waals surface area contributed by atoms with E-state index < -0.39 is 0 Å². The van der Waals surface area contributed by atoms with Crippen LogP contribution in [0.5, 0.6) is 0 Å². The molecule has 13 heavy (non-hydrogen) atoms. The van der Waals surface area contributed by atoms with Crippen molar-refractivity contribution in [3.8, 4) is 0 Å². The molecule has 78 valence electrons. The number of rotatable bonds is 5. The maximum Gasteiger partial charge on any atom is 0.0224 e. The lowest BCUT2D eigenvalue weighted by atomic mass is 10.1. The van der Waals surface area contributed by atoms with Crippen LogP contribution in [0.15, 0.2) is 0 Å². The Morgan fingerprint density at radius 1 is 1.54 bits per heavy atom. The van der Waals surface area contributed by atoms with E-state index in [9.17, 15) is 0 Å². The van der Waals surface area contributed by atoms with Gasteiger partial charge in [-0.1, -0.05) is 6.92 Å². The van der Waals surface area contributed by atoms with Crippen molar-refractivity contribution < 1.29 is 0 Å². The van der Waals surface area contributed by atoms with E-state index in [0.29, 0.717) is 0 Å². The molecule has 1 aliphatic rings. The second kappa shape index (κ2) is 5.87. The number of alkyl halides is 1. The third kappa shape index (κ3) is 3.14. The summed E-state index contributed by atoms with van der Waals surface area (Å²) in [5.41, 5.74) is 0. The summed E-state index contributed by atoms with van der Waals surface area (Å²) in [6.07, 6.45) is 6.53. The Hall–Kier alpha value is 0.250. The lowest BCUT2D eigenvalue weighted by molar-refractivity contribution is 0.179. The summed E-state index contributed by atoms with van der Waals surface area (Å²) in [4.78, 5) is 2.67. The smallest absolute Gasteiger partial charge is 0.0224 e. The molecule has 0 aromatic carbocycles. The van der Waals surface area contributed by atoms with Gasteiger partial charge in [-0.3, -0.25) is 4.90 Å². The van der Waals surface area contributed by atoms with Crippen molar-refractivity contribution in [2.45, 2.75) is 58.0 Å². The molecule has 0 saturated carbocycles. The largest absolute Gasteiger partial charge is 0.298 e. The summed E-state index contributed by atoms with van der Waals surface area (Å²) >= 11 is 5.72. The molecule has 0 aliphatic carbocycles. The van der Waals surface area contributed by atoms with E-state index in [2.05, 4.69) is 18.7 Å². The van der Waals surface area contributed by atoms with E-state index in [1.165, 1.54) is 38.6 Å². The SMILES string of the molecule is CCC(C)N1CCCC1CCCCl. The van der Waals surface area contributed by atoms with E-state index in [0.717, 1.165) is 18.0 Å². The maximum absolute atomic E-state index is 5.72. The summed E-state index contributed by atoms with van der Waals surface area (Å²) < 4.78 is 0. The molecule has 1 aliphatic heterocycles. The third-order valence-electron chi connectivity index (χ3n) is 3.25. The molecule has 1 nitrogen and oxygen atoms in total. The van der Waals surface area contributed by atoms with E-state index in [1.54, 1.807) is 0 Å². The van der Waals surface area contributed by atoms with Crippen LogP contribution < -0.4 is 0 Å². The fourth-order valence-electron chi connectivity index (χ4n) is 2.30. The molecule has 2 unspecified atom stereocenters. The van der Waals surface area contributed by atoms with Crippen LogP contribution in [0.25, 0.3) is 0 Å². The van der Waals surface area contributed by atoms with Crippen LogP contribution in [-0.4, -0.2) is 29.4 Å². The standard InChI is InChI=1S/C11H22ClN/c1-3-10(2)13-9-5-7-11(13)6-4-8-12/h10-11H,3-9H2,1-2H3. The van der Waals surface area contributed by atoms with Gasteiger partial charge in [-0.25, -0.2) is 0 Å². The Morgan fingerprint density at radius 3 is 2.92 bits per heavy atom. The van der Waals surface area contributed by atoms with Crippen LogP contribution in [0, 0.1) is 0 Å². The van der Waals surface area contributed by atoms with Crippen LogP contribution in [0.1, 0.15) is 46.0 Å². The van der Waals surface area contributed by atoms with E-state index in [-0.39, 0.29) is 0 Å². The Morgan fingerprint density at radius 2 is 2.31 bits per heavy atom. The Kier molecular flexibility index (Phi) is 5.12. The van der Waals surface area contributed by atoms with E-state index in [4.69, 9.17) is 11.6 Å². The summed E-state index contributed by atoms with van der Waals surface area (Å²) in [6, 6.07) is 1.59. The normalized spacial score (nSPS) is 26.5. The molecular weight excluding hydrogens is 182 g/mol. The van der Waals surface area contributed by atoms with Gasteiger partial charge in [0.05, 0.1) is 0 Å².